The van der Waals surface area contributed by atoms with Gasteiger partial charge in [0.05, 0.1) is 12.3 Å². The van der Waals surface area contributed by atoms with Gasteiger partial charge in [-0.3, -0.25) is 4.55 Å². The van der Waals surface area contributed by atoms with Gasteiger partial charge in [-0.2, -0.15) is 13.6 Å². The van der Waals surface area contributed by atoms with Crippen molar-refractivity contribution in [2.24, 2.45) is 0 Å². The smallest absolute Gasteiger partial charge is 0.285 e. The van der Waals surface area contributed by atoms with Gasteiger partial charge in [0.1, 0.15) is 0 Å². The number of tetrazole rings is 1. The predicted octanol–water partition coefficient (Wildman–Crippen LogP) is -6.77. The minimum Gasteiger partial charge on any atom is -0.285 e. The third kappa shape index (κ3) is 6.64. The molecule has 0 aliphatic rings. The minimum absolute atomic E-state index is 0. The molecule has 2 N–H and O–H groups in total. The first-order valence-corrected chi connectivity index (χ1v) is 4.94. The molecule has 0 radical (unpaired) electrons. The van der Waals surface area contributed by atoms with Crippen LogP contribution in [0, 0.1) is 4.77 Å². The summed E-state index contributed by atoms with van der Waals surface area (Å²) in [5.74, 6) is -0.412. The quantitative estimate of drug-likeness (QED) is 0.317. The maximum Gasteiger partial charge on any atom is 1.00 e. The Balaban J connectivity index is 0. The fourth-order valence-corrected chi connectivity index (χ4v) is 1.15. The largest absolute Gasteiger partial charge is 1.00 e. The number of nitrogens with one attached hydrogen (secondary N) is 1. The molecule has 1 aromatic heterocycles. The average Bonchev–Trinajstić information content (AvgIpc) is 2.29. The van der Waals surface area contributed by atoms with Gasteiger partial charge >= 0.3 is 59.1 Å². The van der Waals surface area contributed by atoms with E-state index in [0.717, 1.165) is 0 Å². The molecule has 0 fully saturated rings. The molecule has 0 aromatic carbocycles. The predicted molar refractivity (Wildman–Crippen MR) is 41.6 cm³/mol. The Kier molecular flexibility index (Phi) is 9.39. The molecule has 0 bridgehead atoms. The van der Waals surface area contributed by atoms with E-state index in [4.69, 9.17) is 4.55 Å². The fourth-order valence-electron chi connectivity index (χ4n) is 0.568. The zero-order chi connectivity index (χ0) is 9.19. The number of aryl methyl sites for hydroxylation is 1. The first-order valence-electron chi connectivity index (χ1n) is 2.92. The molecular formula is C3H6N4Na2O3S2+2. The van der Waals surface area contributed by atoms with Crippen LogP contribution in [0.25, 0.3) is 0 Å². The van der Waals surface area contributed by atoms with E-state index in [1.165, 1.54) is 4.68 Å². The topological polar surface area (TPSA) is 101 Å². The molecule has 0 spiro atoms. The van der Waals surface area contributed by atoms with Gasteiger partial charge in [0.15, 0.2) is 0 Å². The molecule has 0 saturated carbocycles. The van der Waals surface area contributed by atoms with E-state index < -0.39 is 15.9 Å². The number of H-pyrrole nitrogens is 1. The molecule has 0 atom stereocenters. The van der Waals surface area contributed by atoms with E-state index in [1.54, 1.807) is 0 Å². The van der Waals surface area contributed by atoms with Crippen molar-refractivity contribution < 1.29 is 72.1 Å². The first-order chi connectivity index (χ1) is 5.49. The summed E-state index contributed by atoms with van der Waals surface area (Å²) in [4.78, 5) is 0. The molecule has 0 aliphatic heterocycles. The summed E-state index contributed by atoms with van der Waals surface area (Å²) in [5.41, 5.74) is 0. The maximum absolute atomic E-state index is 10.3. The summed E-state index contributed by atoms with van der Waals surface area (Å²) in [6, 6.07) is 0. The van der Waals surface area contributed by atoms with E-state index in [0.29, 0.717) is 0 Å². The van der Waals surface area contributed by atoms with Crippen molar-refractivity contribution in [2.75, 3.05) is 5.75 Å². The molecule has 14 heavy (non-hydrogen) atoms. The second kappa shape index (κ2) is 7.47. The molecule has 0 saturated heterocycles. The van der Waals surface area contributed by atoms with Gasteiger partial charge in [-0.15, -0.1) is 0 Å². The molecule has 11 heteroatoms. The van der Waals surface area contributed by atoms with Crippen molar-refractivity contribution in [1.82, 2.24) is 20.2 Å². The molecule has 1 rings (SSSR count). The van der Waals surface area contributed by atoms with Crippen molar-refractivity contribution in [1.29, 1.82) is 0 Å². The van der Waals surface area contributed by atoms with E-state index in [2.05, 4.69) is 27.7 Å². The Morgan fingerprint density at radius 2 is 2.07 bits per heavy atom. The molecule has 0 aliphatic carbocycles. The van der Waals surface area contributed by atoms with Gasteiger partial charge in [0, 0.05) is 0 Å². The molecular weight excluding hydrogens is 250 g/mol. The molecule has 7 nitrogen and oxygen atoms in total. The summed E-state index contributed by atoms with van der Waals surface area (Å²) in [6.07, 6.45) is 0. The van der Waals surface area contributed by atoms with Crippen molar-refractivity contribution in [3.63, 3.8) is 0 Å². The number of aromatic nitrogens is 4. The van der Waals surface area contributed by atoms with Crippen LogP contribution in [0.3, 0.4) is 0 Å². The van der Waals surface area contributed by atoms with Crippen LogP contribution in [0.15, 0.2) is 0 Å². The van der Waals surface area contributed by atoms with Gasteiger partial charge in [0.25, 0.3) is 10.1 Å². The van der Waals surface area contributed by atoms with Crippen LogP contribution >= 0.6 is 12.2 Å². The van der Waals surface area contributed by atoms with E-state index in [-0.39, 0.29) is 70.4 Å². The van der Waals surface area contributed by atoms with Crippen molar-refractivity contribution >= 4 is 22.3 Å². The van der Waals surface area contributed by atoms with Crippen LogP contribution in [0.4, 0.5) is 0 Å². The zero-order valence-corrected chi connectivity index (χ0v) is 13.5. The average molecular weight is 256 g/mol. The van der Waals surface area contributed by atoms with Crippen molar-refractivity contribution in [2.45, 2.75) is 6.54 Å². The molecule has 0 amide bonds. The molecule has 1 heterocycles. The monoisotopic (exact) mass is 256 g/mol. The van der Waals surface area contributed by atoms with Crippen LogP contribution < -0.4 is 59.1 Å². The van der Waals surface area contributed by atoms with Crippen LogP contribution in [0.5, 0.6) is 0 Å². The molecule has 1 aromatic rings. The van der Waals surface area contributed by atoms with Crippen LogP contribution in [0.1, 0.15) is 0 Å². The SMILES string of the molecule is O=S(=O)(O)CCn1[nH]nnc1=S.[Na+].[Na+]. The standard InChI is InChI=1S/C3H6N4O3S2.2Na/c8-12(9,10)2-1-7-3(11)4-5-6-7;;/h1-2H2,(H,4,6,11)(H,8,9,10);;/q;2*+1. The molecule has 68 valence electrons. The summed E-state index contributed by atoms with van der Waals surface area (Å²) < 4.78 is 30.4. The summed E-state index contributed by atoms with van der Waals surface area (Å²) in [6.45, 7) is 0.0185. The third-order valence-electron chi connectivity index (χ3n) is 1.10. The van der Waals surface area contributed by atoms with Gasteiger partial charge in [-0.25, -0.2) is 4.68 Å². The van der Waals surface area contributed by atoms with Gasteiger partial charge in [-0.1, -0.05) is 10.3 Å². The second-order valence-corrected chi connectivity index (χ2v) is 3.96. The Labute approximate surface area is 130 Å². The maximum atomic E-state index is 10.3. The molecule has 0 unspecified atom stereocenters. The number of hydrogen-bond donors (Lipinski definition) is 2. The number of nitrogens with zero attached hydrogens (tertiary/aromatic N) is 3. The van der Waals surface area contributed by atoms with E-state index >= 15 is 0 Å². The Hall–Kier alpha value is 1.20. The van der Waals surface area contributed by atoms with Gasteiger partial charge in [-0.05, 0) is 12.2 Å². The van der Waals surface area contributed by atoms with Gasteiger partial charge < -0.3 is 0 Å². The van der Waals surface area contributed by atoms with E-state index in [1.807, 2.05) is 0 Å². The summed E-state index contributed by atoms with van der Waals surface area (Å²) in [7, 11) is -3.96. The number of aromatic amines is 1. The first kappa shape index (κ1) is 17.6. The number of rotatable bonds is 3. The number of hydrogen-bond acceptors (Lipinski definition) is 5. The second-order valence-electron chi connectivity index (χ2n) is 2.02. The zero-order valence-electron chi connectivity index (χ0n) is 7.84. The minimum atomic E-state index is -3.96. The van der Waals surface area contributed by atoms with Crippen LogP contribution in [-0.4, -0.2) is 38.9 Å². The van der Waals surface area contributed by atoms with Gasteiger partial charge in [0.2, 0.25) is 4.77 Å². The van der Waals surface area contributed by atoms with E-state index in [9.17, 15) is 8.42 Å². The van der Waals surface area contributed by atoms with Crippen LogP contribution in [-0.2, 0) is 16.7 Å². The van der Waals surface area contributed by atoms with Crippen LogP contribution in [0.2, 0.25) is 0 Å². The third-order valence-corrected chi connectivity index (χ3v) is 2.11. The summed E-state index contributed by atoms with van der Waals surface area (Å²) >= 11 is 4.66. The normalized spacial score (nSPS) is 10.1. The fraction of sp³-hybridized carbons (Fsp3) is 0.667. The Morgan fingerprint density at radius 1 is 1.50 bits per heavy atom. The van der Waals surface area contributed by atoms with Crippen molar-refractivity contribution in [3.05, 3.63) is 4.77 Å². The Bertz CT molecular complexity index is 411. The summed E-state index contributed by atoms with van der Waals surface area (Å²) in [5, 5.41) is 9.10. The Morgan fingerprint density at radius 3 is 2.43 bits per heavy atom. The van der Waals surface area contributed by atoms with Crippen molar-refractivity contribution in [3.8, 4) is 0 Å².